The zero-order chi connectivity index (χ0) is 18.4. The maximum Gasteiger partial charge on any atom is 0.305 e. The molecule has 0 aliphatic carbocycles. The standard InChI is InChI=1S/C20H19N3O3/c24-19(25)11-18(16-9-5-2-6-10-16)22-20(26)17-12-21-23(14-17)13-15-7-3-1-4-8-15/h1-10,12,14,18H,11,13H2,(H,22,26)(H,24,25)/t18-/m1/s1. The smallest absolute Gasteiger partial charge is 0.305 e. The predicted molar refractivity (Wildman–Crippen MR) is 96.7 cm³/mol. The number of carboxylic acid groups (broad SMARTS) is 1. The largest absolute Gasteiger partial charge is 0.481 e. The lowest BCUT2D eigenvalue weighted by Gasteiger charge is -2.16. The fraction of sp³-hybridized carbons (Fsp3) is 0.150. The van der Waals surface area contributed by atoms with E-state index in [1.54, 1.807) is 23.0 Å². The fourth-order valence-electron chi connectivity index (χ4n) is 2.69. The van der Waals surface area contributed by atoms with Crippen LogP contribution in [0.5, 0.6) is 0 Å². The fourth-order valence-corrected chi connectivity index (χ4v) is 2.69. The van der Waals surface area contributed by atoms with Crippen molar-refractivity contribution in [2.45, 2.75) is 19.0 Å². The van der Waals surface area contributed by atoms with Crippen LogP contribution >= 0.6 is 0 Å². The first-order valence-electron chi connectivity index (χ1n) is 8.26. The molecule has 2 aromatic carbocycles. The molecule has 0 saturated carbocycles. The summed E-state index contributed by atoms with van der Waals surface area (Å²) in [5, 5.41) is 16.1. The second-order valence-electron chi connectivity index (χ2n) is 5.95. The molecular formula is C20H19N3O3. The summed E-state index contributed by atoms with van der Waals surface area (Å²) in [4.78, 5) is 23.7. The number of hydrogen-bond donors (Lipinski definition) is 2. The van der Waals surface area contributed by atoms with E-state index >= 15 is 0 Å². The Labute approximate surface area is 151 Å². The van der Waals surface area contributed by atoms with E-state index in [1.165, 1.54) is 6.20 Å². The van der Waals surface area contributed by atoms with Gasteiger partial charge < -0.3 is 10.4 Å². The number of nitrogens with zero attached hydrogens (tertiary/aromatic N) is 2. The molecule has 6 heteroatoms. The van der Waals surface area contributed by atoms with Crippen LogP contribution in [0.2, 0.25) is 0 Å². The highest BCUT2D eigenvalue weighted by molar-refractivity contribution is 5.94. The van der Waals surface area contributed by atoms with Gasteiger partial charge in [-0.25, -0.2) is 0 Å². The first-order valence-corrected chi connectivity index (χ1v) is 8.26. The van der Waals surface area contributed by atoms with Gasteiger partial charge in [-0.15, -0.1) is 0 Å². The van der Waals surface area contributed by atoms with Crippen LogP contribution < -0.4 is 5.32 Å². The summed E-state index contributed by atoms with van der Waals surface area (Å²) >= 11 is 0. The molecule has 1 heterocycles. The van der Waals surface area contributed by atoms with Gasteiger partial charge in [-0.2, -0.15) is 5.10 Å². The molecule has 0 unspecified atom stereocenters. The van der Waals surface area contributed by atoms with Crippen molar-refractivity contribution in [3.8, 4) is 0 Å². The third kappa shape index (κ3) is 4.57. The Bertz CT molecular complexity index is 876. The Kier molecular flexibility index (Phi) is 5.43. The van der Waals surface area contributed by atoms with Gasteiger partial charge in [-0.3, -0.25) is 14.3 Å². The molecule has 0 bridgehead atoms. The van der Waals surface area contributed by atoms with Crippen molar-refractivity contribution in [1.82, 2.24) is 15.1 Å². The number of carbonyl (C=O) groups is 2. The summed E-state index contributed by atoms with van der Waals surface area (Å²) in [6.45, 7) is 0.561. The van der Waals surface area contributed by atoms with E-state index in [0.29, 0.717) is 12.1 Å². The minimum atomic E-state index is -0.973. The normalized spacial score (nSPS) is 11.7. The monoisotopic (exact) mass is 349 g/mol. The average molecular weight is 349 g/mol. The Morgan fingerprint density at radius 1 is 1.04 bits per heavy atom. The number of benzene rings is 2. The topological polar surface area (TPSA) is 84.2 Å². The third-order valence-electron chi connectivity index (χ3n) is 3.97. The van der Waals surface area contributed by atoms with Crippen LogP contribution in [0.1, 0.15) is 33.9 Å². The summed E-state index contributed by atoms with van der Waals surface area (Å²) in [6, 6.07) is 18.3. The molecule has 3 rings (SSSR count). The lowest BCUT2D eigenvalue weighted by Crippen LogP contribution is -2.30. The number of aliphatic carboxylic acids is 1. The van der Waals surface area contributed by atoms with Gasteiger partial charge in [-0.1, -0.05) is 60.7 Å². The lowest BCUT2D eigenvalue weighted by atomic mass is 10.0. The van der Waals surface area contributed by atoms with Crippen LogP contribution in [0.25, 0.3) is 0 Å². The summed E-state index contributed by atoms with van der Waals surface area (Å²) in [5.74, 6) is -1.32. The first kappa shape index (κ1) is 17.4. The molecule has 1 aromatic heterocycles. The van der Waals surface area contributed by atoms with Crippen LogP contribution in [0.3, 0.4) is 0 Å². The van der Waals surface area contributed by atoms with E-state index < -0.39 is 12.0 Å². The van der Waals surface area contributed by atoms with Crippen molar-refractivity contribution in [1.29, 1.82) is 0 Å². The van der Waals surface area contributed by atoms with Gasteiger partial charge in [0.25, 0.3) is 5.91 Å². The summed E-state index contributed by atoms with van der Waals surface area (Å²) < 4.78 is 1.68. The van der Waals surface area contributed by atoms with Gasteiger partial charge in [0.05, 0.1) is 30.8 Å². The third-order valence-corrected chi connectivity index (χ3v) is 3.97. The van der Waals surface area contributed by atoms with Crippen molar-refractivity contribution in [3.63, 3.8) is 0 Å². The van der Waals surface area contributed by atoms with Crippen LogP contribution in [0.4, 0.5) is 0 Å². The molecule has 0 radical (unpaired) electrons. The number of amides is 1. The van der Waals surface area contributed by atoms with E-state index in [4.69, 9.17) is 5.11 Å². The highest BCUT2D eigenvalue weighted by Gasteiger charge is 2.19. The van der Waals surface area contributed by atoms with Crippen molar-refractivity contribution in [2.24, 2.45) is 0 Å². The highest BCUT2D eigenvalue weighted by atomic mass is 16.4. The van der Waals surface area contributed by atoms with Gasteiger partial charge in [0.2, 0.25) is 0 Å². The molecule has 0 aliphatic heterocycles. The van der Waals surface area contributed by atoms with Crippen molar-refractivity contribution < 1.29 is 14.7 Å². The molecule has 132 valence electrons. The number of aromatic nitrogens is 2. The van der Waals surface area contributed by atoms with Gasteiger partial charge in [0.15, 0.2) is 0 Å². The minimum absolute atomic E-state index is 0.187. The van der Waals surface area contributed by atoms with Gasteiger partial charge in [-0.05, 0) is 11.1 Å². The minimum Gasteiger partial charge on any atom is -0.481 e. The zero-order valence-electron chi connectivity index (χ0n) is 14.1. The Balaban J connectivity index is 1.71. The number of hydrogen-bond acceptors (Lipinski definition) is 3. The van der Waals surface area contributed by atoms with Gasteiger partial charge >= 0.3 is 5.97 Å². The van der Waals surface area contributed by atoms with E-state index in [-0.39, 0.29) is 12.3 Å². The number of carboxylic acids is 1. The van der Waals surface area contributed by atoms with Gasteiger partial charge in [0.1, 0.15) is 0 Å². The van der Waals surface area contributed by atoms with E-state index in [1.807, 2.05) is 48.5 Å². The molecule has 0 aliphatic rings. The molecule has 26 heavy (non-hydrogen) atoms. The van der Waals surface area contributed by atoms with Crippen molar-refractivity contribution in [3.05, 3.63) is 89.7 Å². The summed E-state index contributed by atoms with van der Waals surface area (Å²) in [6.07, 6.45) is 2.96. The number of rotatable bonds is 7. The highest BCUT2D eigenvalue weighted by Crippen LogP contribution is 2.17. The van der Waals surface area contributed by atoms with E-state index in [2.05, 4.69) is 10.4 Å². The first-order chi connectivity index (χ1) is 12.6. The Morgan fingerprint density at radius 3 is 2.35 bits per heavy atom. The molecule has 0 spiro atoms. The molecule has 0 fully saturated rings. The number of nitrogens with one attached hydrogen (secondary N) is 1. The van der Waals surface area contributed by atoms with Crippen LogP contribution in [0.15, 0.2) is 73.1 Å². The summed E-state index contributed by atoms with van der Waals surface area (Å²) in [5.41, 5.74) is 2.22. The average Bonchev–Trinajstić information content (AvgIpc) is 3.11. The molecule has 3 aromatic rings. The Morgan fingerprint density at radius 2 is 1.69 bits per heavy atom. The summed E-state index contributed by atoms with van der Waals surface area (Å²) in [7, 11) is 0. The van der Waals surface area contributed by atoms with Crippen molar-refractivity contribution >= 4 is 11.9 Å². The van der Waals surface area contributed by atoms with Crippen molar-refractivity contribution in [2.75, 3.05) is 0 Å². The SMILES string of the molecule is O=C(O)C[C@@H](NC(=O)c1cnn(Cc2ccccc2)c1)c1ccccc1. The quantitative estimate of drug-likeness (QED) is 0.687. The maximum absolute atomic E-state index is 12.5. The van der Waals surface area contributed by atoms with Crippen LogP contribution in [-0.4, -0.2) is 26.8 Å². The molecule has 1 atom stereocenters. The molecular weight excluding hydrogens is 330 g/mol. The molecule has 2 N–H and O–H groups in total. The second kappa shape index (κ2) is 8.11. The number of carbonyl (C=O) groups excluding carboxylic acids is 1. The maximum atomic E-state index is 12.5. The molecule has 1 amide bonds. The van der Waals surface area contributed by atoms with Crippen LogP contribution in [-0.2, 0) is 11.3 Å². The lowest BCUT2D eigenvalue weighted by molar-refractivity contribution is -0.137. The van der Waals surface area contributed by atoms with Gasteiger partial charge in [0, 0.05) is 6.20 Å². The predicted octanol–water partition coefficient (Wildman–Crippen LogP) is 2.88. The molecule has 6 nitrogen and oxygen atoms in total. The van der Waals surface area contributed by atoms with E-state index in [0.717, 1.165) is 11.1 Å². The molecule has 0 saturated heterocycles. The Hall–Kier alpha value is -3.41. The zero-order valence-corrected chi connectivity index (χ0v) is 14.1. The van der Waals surface area contributed by atoms with E-state index in [9.17, 15) is 9.59 Å². The second-order valence-corrected chi connectivity index (χ2v) is 5.95. The van der Waals surface area contributed by atoms with Crippen LogP contribution in [0, 0.1) is 0 Å².